The van der Waals surface area contributed by atoms with Crippen molar-refractivity contribution in [3.8, 4) is 0 Å². The van der Waals surface area contributed by atoms with Crippen LogP contribution in [0.2, 0.25) is 0 Å². The van der Waals surface area contributed by atoms with Crippen LogP contribution in [-0.4, -0.2) is 42.9 Å². The van der Waals surface area contributed by atoms with Crippen LogP contribution in [0.3, 0.4) is 0 Å². The van der Waals surface area contributed by atoms with Crippen molar-refractivity contribution in [3.05, 3.63) is 93.6 Å². The summed E-state index contributed by atoms with van der Waals surface area (Å²) in [6.07, 6.45) is 0. The molecule has 30 heavy (non-hydrogen) atoms. The first kappa shape index (κ1) is 20.4. The molecule has 3 aromatic carbocycles. The fourth-order valence-electron chi connectivity index (χ4n) is 3.60. The molecule has 6 heteroatoms. The molecule has 0 radical (unpaired) electrons. The molecule has 0 aliphatic carbocycles. The summed E-state index contributed by atoms with van der Waals surface area (Å²) < 4.78 is 0.915. The van der Waals surface area contributed by atoms with Gasteiger partial charge in [-0.15, -0.1) is 0 Å². The predicted octanol–water partition coefficient (Wildman–Crippen LogP) is 4.51. The van der Waals surface area contributed by atoms with Gasteiger partial charge in [0, 0.05) is 35.3 Å². The number of anilines is 2. The van der Waals surface area contributed by atoms with Gasteiger partial charge in [0.05, 0.1) is 16.9 Å². The van der Waals surface area contributed by atoms with Crippen molar-refractivity contribution >= 4 is 45.8 Å². The lowest BCUT2D eigenvalue weighted by molar-refractivity contribution is 0.0746. The number of piperazine rings is 1. The van der Waals surface area contributed by atoms with Gasteiger partial charge in [0.1, 0.15) is 0 Å². The quantitative estimate of drug-likeness (QED) is 0.525. The molecule has 2 amide bonds. The maximum atomic E-state index is 12.8. The molecule has 1 fully saturated rings. The van der Waals surface area contributed by atoms with Crippen molar-refractivity contribution in [3.63, 3.8) is 0 Å². The van der Waals surface area contributed by atoms with Gasteiger partial charge < -0.3 is 15.1 Å². The summed E-state index contributed by atoms with van der Waals surface area (Å²) in [5.41, 5.74) is 3.14. The fraction of sp³-hybridized carbons (Fsp3) is 0.167. The lowest BCUT2D eigenvalue weighted by Crippen LogP contribution is -2.49. The Morgan fingerprint density at radius 3 is 2.13 bits per heavy atom. The fourth-order valence-corrected chi connectivity index (χ4v) is 4.24. The highest BCUT2D eigenvalue weighted by molar-refractivity contribution is 14.1. The SMILES string of the molecule is O=C(Nc1ccccc1N1CCN(C(=O)c2ccccc2)CC1)c1ccccc1I. The van der Waals surface area contributed by atoms with E-state index in [2.05, 4.69) is 32.8 Å². The van der Waals surface area contributed by atoms with Crippen LogP contribution < -0.4 is 10.2 Å². The van der Waals surface area contributed by atoms with Crippen molar-refractivity contribution in [2.24, 2.45) is 0 Å². The van der Waals surface area contributed by atoms with Gasteiger partial charge in [-0.2, -0.15) is 0 Å². The van der Waals surface area contributed by atoms with Crippen LogP contribution in [0, 0.1) is 3.57 Å². The zero-order valence-corrected chi connectivity index (χ0v) is 18.6. The van der Waals surface area contributed by atoms with Crippen molar-refractivity contribution in [2.45, 2.75) is 0 Å². The number of amides is 2. The molecular weight excluding hydrogens is 489 g/mol. The molecule has 4 rings (SSSR count). The third-order valence-electron chi connectivity index (χ3n) is 5.20. The number of halogens is 1. The number of nitrogens with zero attached hydrogens (tertiary/aromatic N) is 2. The Kier molecular flexibility index (Phi) is 6.32. The van der Waals surface area contributed by atoms with E-state index < -0.39 is 0 Å². The van der Waals surface area contributed by atoms with Gasteiger partial charge >= 0.3 is 0 Å². The molecular formula is C24H22IN3O2. The van der Waals surface area contributed by atoms with Crippen LogP contribution >= 0.6 is 22.6 Å². The first-order valence-corrected chi connectivity index (χ1v) is 11.0. The Labute approximate surface area is 189 Å². The van der Waals surface area contributed by atoms with Gasteiger partial charge in [-0.25, -0.2) is 0 Å². The summed E-state index contributed by atoms with van der Waals surface area (Å²) in [4.78, 5) is 29.6. The van der Waals surface area contributed by atoms with E-state index in [-0.39, 0.29) is 11.8 Å². The molecule has 152 valence electrons. The van der Waals surface area contributed by atoms with Gasteiger partial charge in [-0.1, -0.05) is 42.5 Å². The monoisotopic (exact) mass is 511 g/mol. The highest BCUT2D eigenvalue weighted by Gasteiger charge is 2.24. The Balaban J connectivity index is 1.45. The number of benzene rings is 3. The van der Waals surface area contributed by atoms with Crippen LogP contribution in [0.15, 0.2) is 78.9 Å². The van der Waals surface area contributed by atoms with Gasteiger partial charge in [0.25, 0.3) is 11.8 Å². The zero-order chi connectivity index (χ0) is 20.9. The van der Waals surface area contributed by atoms with Crippen molar-refractivity contribution in [1.29, 1.82) is 0 Å². The van der Waals surface area contributed by atoms with Crippen LogP contribution in [0.5, 0.6) is 0 Å². The largest absolute Gasteiger partial charge is 0.366 e. The summed E-state index contributed by atoms with van der Waals surface area (Å²) in [5, 5.41) is 3.06. The predicted molar refractivity (Wildman–Crippen MR) is 128 cm³/mol. The van der Waals surface area contributed by atoms with Crippen molar-refractivity contribution in [2.75, 3.05) is 36.4 Å². The molecule has 1 heterocycles. The number of nitrogens with one attached hydrogen (secondary N) is 1. The Morgan fingerprint density at radius 1 is 0.767 bits per heavy atom. The number of para-hydroxylation sites is 2. The maximum Gasteiger partial charge on any atom is 0.256 e. The molecule has 5 nitrogen and oxygen atoms in total. The lowest BCUT2D eigenvalue weighted by atomic mass is 10.1. The topological polar surface area (TPSA) is 52.7 Å². The standard InChI is InChI=1S/C24H22IN3O2/c25-20-11-5-4-10-19(20)23(29)26-21-12-6-7-13-22(21)27-14-16-28(17-15-27)24(30)18-8-2-1-3-9-18/h1-13H,14-17H2,(H,26,29). The second-order valence-electron chi connectivity index (χ2n) is 7.10. The van der Waals surface area contributed by atoms with Crippen molar-refractivity contribution < 1.29 is 9.59 Å². The van der Waals surface area contributed by atoms with Crippen LogP contribution in [-0.2, 0) is 0 Å². The van der Waals surface area contributed by atoms with E-state index in [4.69, 9.17) is 0 Å². The second kappa shape index (κ2) is 9.30. The summed E-state index contributed by atoms with van der Waals surface area (Å²) in [6.45, 7) is 2.72. The molecule has 0 aromatic heterocycles. The van der Waals surface area contributed by atoms with E-state index in [1.165, 1.54) is 0 Å². The average molecular weight is 511 g/mol. The summed E-state index contributed by atoms with van der Waals surface area (Å²) in [6, 6.07) is 24.7. The van der Waals surface area contributed by atoms with Gasteiger partial charge in [-0.05, 0) is 59.0 Å². The molecule has 0 unspecified atom stereocenters. The summed E-state index contributed by atoms with van der Waals surface area (Å²) >= 11 is 2.17. The van der Waals surface area contributed by atoms with E-state index in [1.807, 2.05) is 83.8 Å². The van der Waals surface area contributed by atoms with Crippen molar-refractivity contribution in [1.82, 2.24) is 4.90 Å². The number of carbonyl (C=O) groups excluding carboxylic acids is 2. The van der Waals surface area contributed by atoms with Crippen LogP contribution in [0.4, 0.5) is 11.4 Å². The molecule has 1 aliphatic heterocycles. The van der Waals surface area contributed by atoms with E-state index in [0.29, 0.717) is 31.7 Å². The summed E-state index contributed by atoms with van der Waals surface area (Å²) in [5.74, 6) is -0.0548. The first-order chi connectivity index (χ1) is 14.6. The Morgan fingerprint density at radius 2 is 1.40 bits per heavy atom. The minimum atomic E-state index is -0.120. The van der Waals surface area contributed by atoms with E-state index in [0.717, 1.165) is 20.5 Å². The Hall–Kier alpha value is -2.87. The molecule has 0 spiro atoms. The second-order valence-corrected chi connectivity index (χ2v) is 8.26. The highest BCUT2D eigenvalue weighted by Crippen LogP contribution is 2.28. The lowest BCUT2D eigenvalue weighted by Gasteiger charge is -2.37. The normalized spacial score (nSPS) is 13.8. The highest BCUT2D eigenvalue weighted by atomic mass is 127. The molecule has 1 N–H and O–H groups in total. The molecule has 3 aromatic rings. The Bertz CT molecular complexity index is 1050. The van der Waals surface area contributed by atoms with E-state index >= 15 is 0 Å². The minimum Gasteiger partial charge on any atom is -0.366 e. The average Bonchev–Trinajstić information content (AvgIpc) is 2.80. The van der Waals surface area contributed by atoms with Gasteiger partial charge in [0.2, 0.25) is 0 Å². The molecule has 0 atom stereocenters. The minimum absolute atomic E-state index is 0.0653. The third-order valence-corrected chi connectivity index (χ3v) is 6.14. The van der Waals surface area contributed by atoms with Crippen LogP contribution in [0.25, 0.3) is 0 Å². The molecule has 1 saturated heterocycles. The third kappa shape index (κ3) is 4.48. The number of carbonyl (C=O) groups is 2. The van der Waals surface area contributed by atoms with Crippen LogP contribution in [0.1, 0.15) is 20.7 Å². The van der Waals surface area contributed by atoms with E-state index in [1.54, 1.807) is 0 Å². The summed E-state index contributed by atoms with van der Waals surface area (Å²) in [7, 11) is 0. The zero-order valence-electron chi connectivity index (χ0n) is 16.4. The first-order valence-electron chi connectivity index (χ1n) is 9.87. The molecule has 0 bridgehead atoms. The number of hydrogen-bond donors (Lipinski definition) is 1. The molecule has 1 aliphatic rings. The molecule has 0 saturated carbocycles. The smallest absolute Gasteiger partial charge is 0.256 e. The van der Waals surface area contributed by atoms with Gasteiger partial charge in [0.15, 0.2) is 0 Å². The van der Waals surface area contributed by atoms with E-state index in [9.17, 15) is 9.59 Å². The number of rotatable bonds is 4. The maximum absolute atomic E-state index is 12.8. The number of hydrogen-bond acceptors (Lipinski definition) is 3. The van der Waals surface area contributed by atoms with Gasteiger partial charge in [-0.3, -0.25) is 9.59 Å².